The summed E-state index contributed by atoms with van der Waals surface area (Å²) in [4.78, 5) is 9.90. The Morgan fingerprint density at radius 3 is 2.43 bits per heavy atom. The molecule has 1 radical (unpaired) electrons. The van der Waals surface area contributed by atoms with Gasteiger partial charge in [0.05, 0.1) is 6.20 Å². The summed E-state index contributed by atoms with van der Waals surface area (Å²) in [5, 5.41) is 6.37. The molecule has 0 aromatic rings. The Bertz CT molecular complexity index is 115. The molecule has 0 spiro atoms. The minimum Gasteiger partial charge on any atom is -0.266 e. The van der Waals surface area contributed by atoms with Gasteiger partial charge in [0.2, 0.25) is 0 Å². The van der Waals surface area contributed by atoms with E-state index in [0.29, 0.717) is 0 Å². The van der Waals surface area contributed by atoms with Crippen LogP contribution in [0.5, 0.6) is 0 Å². The maximum atomic E-state index is 9.90. The Balaban J connectivity index is 0.000000360. The van der Waals surface area contributed by atoms with Crippen molar-refractivity contribution in [2.45, 2.75) is 0 Å². The topological polar surface area (TPSA) is 41.8 Å². The number of rotatable bonds is 0. The van der Waals surface area contributed by atoms with Crippen LogP contribution < -0.4 is 0 Å². The third-order valence-electron chi connectivity index (χ3n) is 0.440. The second-order valence-corrected chi connectivity index (χ2v) is 0.869. The van der Waals surface area contributed by atoms with Crippen molar-refractivity contribution in [3.8, 4) is 0 Å². The molecule has 0 bridgehead atoms. The van der Waals surface area contributed by atoms with Gasteiger partial charge in [0.25, 0.3) is 5.91 Å². The maximum Gasteiger partial charge on any atom is 0.289 e. The van der Waals surface area contributed by atoms with Crippen LogP contribution in [-0.4, -0.2) is 5.91 Å². The van der Waals surface area contributed by atoms with Gasteiger partial charge < -0.3 is 0 Å². The molecule has 1 heterocycles. The van der Waals surface area contributed by atoms with Crippen molar-refractivity contribution >= 4 is 5.91 Å². The van der Waals surface area contributed by atoms with Crippen LogP contribution in [0.1, 0.15) is 0 Å². The Kier molecular flexibility index (Phi) is 3.46. The first-order valence-corrected chi connectivity index (χ1v) is 1.51. The minimum atomic E-state index is -0.269. The molecule has 1 amide bonds. The molecule has 3 nitrogen and oxygen atoms in total. The third-order valence-corrected chi connectivity index (χ3v) is 0.440. The van der Waals surface area contributed by atoms with Crippen molar-refractivity contribution in [2.24, 2.45) is 10.2 Å². The summed E-state index contributed by atoms with van der Waals surface area (Å²) >= 11 is 0. The molecule has 4 heteroatoms. The van der Waals surface area contributed by atoms with Gasteiger partial charge in [-0.25, -0.2) is 0 Å². The van der Waals surface area contributed by atoms with E-state index in [1.165, 1.54) is 12.3 Å². The zero-order chi connectivity index (χ0) is 4.41. The number of carbonyl (C=O) groups is 1. The van der Waals surface area contributed by atoms with Crippen LogP contribution in [0, 0.1) is 38.6 Å². The molecule has 0 N–H and O–H groups in total. The molecule has 1 aliphatic heterocycles. The van der Waals surface area contributed by atoms with Crippen LogP contribution in [-0.2, 0) is 4.79 Å². The summed E-state index contributed by atoms with van der Waals surface area (Å²) in [6.07, 6.45) is 2.67. The van der Waals surface area contributed by atoms with Gasteiger partial charge in [0.15, 0.2) is 0 Å². The van der Waals surface area contributed by atoms with E-state index < -0.39 is 0 Å². The first kappa shape index (κ1) is 7.30. The zero-order valence-electron chi connectivity index (χ0n) is 3.29. The molecule has 39 valence electrons. The summed E-state index contributed by atoms with van der Waals surface area (Å²) in [5.74, 6) is -0.269. The van der Waals surface area contributed by atoms with Gasteiger partial charge in [-0.15, -0.1) is 5.11 Å². The largest absolute Gasteiger partial charge is 0.289 e. The van der Waals surface area contributed by atoms with Crippen LogP contribution in [0.4, 0.5) is 0 Å². The molecule has 0 aromatic carbocycles. The predicted octanol–water partition coefficient (Wildman–Crippen LogP) is 0.492. The van der Waals surface area contributed by atoms with Crippen LogP contribution in [0.2, 0.25) is 0 Å². The predicted molar refractivity (Wildman–Crippen MR) is 19.0 cm³/mol. The maximum absolute atomic E-state index is 9.90. The summed E-state index contributed by atoms with van der Waals surface area (Å²) in [5.41, 5.74) is 0. The summed E-state index contributed by atoms with van der Waals surface area (Å²) < 4.78 is 0. The standard InChI is InChI=1S/C3H2N2O.Tb/c6-3-1-2-4-5-3;/h1-2H;. The molecule has 0 aliphatic carbocycles. The minimum absolute atomic E-state index is 0. The molecule has 0 aromatic heterocycles. The molecule has 1 rings (SSSR count). The normalized spacial score (nSPS) is 14.6. The Labute approximate surface area is 71.3 Å². The zero-order valence-corrected chi connectivity index (χ0v) is 5.43. The number of hydrogen-bond acceptors (Lipinski definition) is 2. The van der Waals surface area contributed by atoms with E-state index in [-0.39, 0.29) is 44.5 Å². The van der Waals surface area contributed by atoms with Crippen LogP contribution in [0.25, 0.3) is 0 Å². The van der Waals surface area contributed by atoms with Gasteiger partial charge in [-0.1, -0.05) is 0 Å². The van der Waals surface area contributed by atoms with Crippen LogP contribution in [0.15, 0.2) is 22.5 Å². The Hall–Kier alpha value is 0.296. The molecule has 7 heavy (non-hydrogen) atoms. The Morgan fingerprint density at radius 1 is 1.57 bits per heavy atom. The van der Waals surface area contributed by atoms with Gasteiger partial charge in [0, 0.05) is 44.7 Å². The summed E-state index contributed by atoms with van der Waals surface area (Å²) in [6.45, 7) is 0. The fraction of sp³-hybridized carbons (Fsp3) is 0. The van der Waals surface area contributed by atoms with E-state index in [2.05, 4.69) is 10.2 Å². The first-order chi connectivity index (χ1) is 2.89. The smallest absolute Gasteiger partial charge is 0.266 e. The van der Waals surface area contributed by atoms with Crippen LogP contribution in [0.3, 0.4) is 0 Å². The van der Waals surface area contributed by atoms with Gasteiger partial charge in [0.1, 0.15) is 0 Å². The second-order valence-electron chi connectivity index (χ2n) is 0.869. The van der Waals surface area contributed by atoms with Gasteiger partial charge in [-0.3, -0.25) is 4.79 Å². The van der Waals surface area contributed by atoms with Gasteiger partial charge in [-0.2, -0.15) is 5.11 Å². The first-order valence-electron chi connectivity index (χ1n) is 1.51. The van der Waals surface area contributed by atoms with Crippen molar-refractivity contribution in [1.29, 1.82) is 0 Å². The number of nitrogens with zero attached hydrogens (tertiary/aromatic N) is 2. The summed E-state index contributed by atoms with van der Waals surface area (Å²) in [7, 11) is 0. The molecule has 0 atom stereocenters. The molecule has 0 saturated heterocycles. The van der Waals surface area contributed by atoms with E-state index in [4.69, 9.17) is 0 Å². The SMILES string of the molecule is O=C1C=CN=N1.[Tb]. The van der Waals surface area contributed by atoms with Crippen molar-refractivity contribution in [1.82, 2.24) is 0 Å². The van der Waals surface area contributed by atoms with Gasteiger partial charge in [-0.05, 0) is 0 Å². The van der Waals surface area contributed by atoms with Crippen LogP contribution >= 0.6 is 0 Å². The summed E-state index contributed by atoms with van der Waals surface area (Å²) in [6, 6.07) is 0. The van der Waals surface area contributed by atoms with E-state index in [1.54, 1.807) is 0 Å². The number of azo groups is 1. The molecule has 0 fully saturated rings. The molecule has 0 saturated carbocycles. The van der Waals surface area contributed by atoms with E-state index in [1.807, 2.05) is 0 Å². The monoisotopic (exact) mass is 241 g/mol. The van der Waals surface area contributed by atoms with Crippen molar-refractivity contribution in [3.63, 3.8) is 0 Å². The third kappa shape index (κ3) is 2.18. The van der Waals surface area contributed by atoms with E-state index in [9.17, 15) is 4.79 Å². The van der Waals surface area contributed by atoms with E-state index in [0.717, 1.165) is 0 Å². The number of hydrogen-bond donors (Lipinski definition) is 0. The quantitative estimate of drug-likeness (QED) is 0.608. The fourth-order valence-electron chi connectivity index (χ4n) is 0.221. The van der Waals surface area contributed by atoms with Crippen molar-refractivity contribution < 1.29 is 43.4 Å². The molecular formula is C3H2N2OTb. The van der Waals surface area contributed by atoms with Crippen molar-refractivity contribution in [3.05, 3.63) is 12.3 Å². The number of amides is 1. The molecule has 0 unspecified atom stereocenters. The molecule has 1 aliphatic rings. The average molecular weight is 241 g/mol. The van der Waals surface area contributed by atoms with E-state index >= 15 is 0 Å². The molecular weight excluding hydrogens is 239 g/mol. The van der Waals surface area contributed by atoms with Crippen molar-refractivity contribution in [2.75, 3.05) is 0 Å². The number of carbonyl (C=O) groups excluding carboxylic acids is 1. The average Bonchev–Trinajstić information content (AvgIpc) is 1.86. The Morgan fingerprint density at radius 2 is 2.29 bits per heavy atom. The van der Waals surface area contributed by atoms with Gasteiger partial charge >= 0.3 is 0 Å². The fourth-order valence-corrected chi connectivity index (χ4v) is 0.221. The second kappa shape index (κ2) is 3.32.